The van der Waals surface area contributed by atoms with Crippen molar-refractivity contribution in [3.63, 3.8) is 0 Å². The molecule has 1 aliphatic rings. The van der Waals surface area contributed by atoms with Crippen molar-refractivity contribution in [3.05, 3.63) is 28.8 Å². The average Bonchev–Trinajstić information content (AvgIpc) is 2.60. The predicted molar refractivity (Wildman–Crippen MR) is 53.0 cm³/mol. The first-order valence-electron chi connectivity index (χ1n) is 4.54. The molecule has 15 heavy (non-hydrogen) atoms. The Bertz CT molecular complexity index is 399. The number of amides is 1. The molecule has 1 fully saturated rings. The summed E-state index contributed by atoms with van der Waals surface area (Å²) < 4.78 is 26.2. The van der Waals surface area contributed by atoms with Gasteiger partial charge in [0.25, 0.3) is 0 Å². The standard InChI is InChI=1S/C10H8ClF2NO/c11-10-7(12)4-6(5-8(10)13)14-3-1-2-9(14)15/h4-5H,1-3H2. The number of rotatable bonds is 1. The second-order valence-electron chi connectivity index (χ2n) is 3.37. The zero-order valence-corrected chi connectivity index (χ0v) is 8.52. The quantitative estimate of drug-likeness (QED) is 0.681. The molecule has 2 rings (SSSR count). The number of anilines is 1. The Morgan fingerprint density at radius 3 is 2.33 bits per heavy atom. The highest BCUT2D eigenvalue weighted by Crippen LogP contribution is 2.28. The van der Waals surface area contributed by atoms with Crippen LogP contribution in [0.5, 0.6) is 0 Å². The van der Waals surface area contributed by atoms with Crippen molar-refractivity contribution in [2.45, 2.75) is 12.8 Å². The van der Waals surface area contributed by atoms with Gasteiger partial charge in [-0.1, -0.05) is 11.6 Å². The van der Waals surface area contributed by atoms with E-state index in [9.17, 15) is 13.6 Å². The lowest BCUT2D eigenvalue weighted by molar-refractivity contribution is -0.117. The van der Waals surface area contributed by atoms with Crippen molar-refractivity contribution in [3.8, 4) is 0 Å². The Kier molecular flexibility index (Phi) is 2.61. The van der Waals surface area contributed by atoms with Gasteiger partial charge >= 0.3 is 0 Å². The Labute approximate surface area is 90.4 Å². The van der Waals surface area contributed by atoms with Gasteiger partial charge in [-0.05, 0) is 18.6 Å². The van der Waals surface area contributed by atoms with Gasteiger partial charge in [-0.2, -0.15) is 0 Å². The minimum absolute atomic E-state index is 0.115. The number of hydrogen-bond donors (Lipinski definition) is 0. The molecular formula is C10H8ClF2NO. The summed E-state index contributed by atoms with van der Waals surface area (Å²) in [5.41, 5.74) is 0.233. The second-order valence-corrected chi connectivity index (χ2v) is 3.75. The third-order valence-corrected chi connectivity index (χ3v) is 2.71. The fraction of sp³-hybridized carbons (Fsp3) is 0.300. The highest BCUT2D eigenvalue weighted by atomic mass is 35.5. The van der Waals surface area contributed by atoms with Gasteiger partial charge in [0.15, 0.2) is 0 Å². The maximum Gasteiger partial charge on any atom is 0.227 e. The summed E-state index contributed by atoms with van der Waals surface area (Å²) in [5, 5.41) is -0.537. The van der Waals surface area contributed by atoms with Gasteiger partial charge in [0.2, 0.25) is 5.91 Å². The van der Waals surface area contributed by atoms with E-state index in [1.165, 1.54) is 4.90 Å². The first kappa shape index (κ1) is 10.4. The molecule has 2 nitrogen and oxygen atoms in total. The van der Waals surface area contributed by atoms with Crippen molar-refractivity contribution in [1.82, 2.24) is 0 Å². The van der Waals surface area contributed by atoms with E-state index in [0.29, 0.717) is 19.4 Å². The molecule has 0 aromatic heterocycles. The summed E-state index contributed by atoms with van der Waals surface area (Å²) in [6, 6.07) is 2.16. The fourth-order valence-corrected chi connectivity index (χ4v) is 1.73. The van der Waals surface area contributed by atoms with E-state index in [2.05, 4.69) is 0 Å². The zero-order chi connectivity index (χ0) is 11.0. The van der Waals surface area contributed by atoms with Crippen molar-refractivity contribution in [1.29, 1.82) is 0 Å². The molecule has 1 aliphatic heterocycles. The molecule has 1 saturated heterocycles. The predicted octanol–water partition coefficient (Wildman–Crippen LogP) is 2.75. The van der Waals surface area contributed by atoms with E-state index in [1.54, 1.807) is 0 Å². The summed E-state index contributed by atoms with van der Waals surface area (Å²) in [7, 11) is 0. The lowest BCUT2D eigenvalue weighted by Crippen LogP contribution is -2.23. The van der Waals surface area contributed by atoms with E-state index in [-0.39, 0.29) is 11.6 Å². The molecule has 0 atom stereocenters. The fourth-order valence-electron chi connectivity index (χ4n) is 1.62. The maximum absolute atomic E-state index is 13.1. The number of benzene rings is 1. The lowest BCUT2D eigenvalue weighted by Gasteiger charge is -2.16. The molecule has 0 aliphatic carbocycles. The summed E-state index contributed by atoms with van der Waals surface area (Å²) in [4.78, 5) is 12.7. The number of carbonyl (C=O) groups excluding carboxylic acids is 1. The zero-order valence-electron chi connectivity index (χ0n) is 7.77. The molecular weight excluding hydrogens is 224 g/mol. The van der Waals surface area contributed by atoms with Crippen LogP contribution in [0.2, 0.25) is 5.02 Å². The van der Waals surface area contributed by atoms with Crippen molar-refractivity contribution in [2.75, 3.05) is 11.4 Å². The van der Waals surface area contributed by atoms with Crippen molar-refractivity contribution < 1.29 is 13.6 Å². The van der Waals surface area contributed by atoms with Crippen LogP contribution in [0.4, 0.5) is 14.5 Å². The summed E-state index contributed by atoms with van der Waals surface area (Å²) in [5.74, 6) is -1.80. The molecule has 0 spiro atoms. The van der Waals surface area contributed by atoms with E-state index < -0.39 is 16.7 Å². The first-order valence-corrected chi connectivity index (χ1v) is 4.92. The molecule has 1 aromatic rings. The minimum atomic E-state index is -0.841. The Morgan fingerprint density at radius 1 is 1.27 bits per heavy atom. The van der Waals surface area contributed by atoms with Crippen LogP contribution in [0.1, 0.15) is 12.8 Å². The van der Waals surface area contributed by atoms with Gasteiger partial charge in [-0.25, -0.2) is 8.78 Å². The van der Waals surface area contributed by atoms with Gasteiger partial charge < -0.3 is 4.90 Å². The van der Waals surface area contributed by atoms with E-state index in [0.717, 1.165) is 12.1 Å². The third kappa shape index (κ3) is 1.81. The van der Waals surface area contributed by atoms with Gasteiger partial charge in [-0.3, -0.25) is 4.79 Å². The van der Waals surface area contributed by atoms with Crippen LogP contribution >= 0.6 is 11.6 Å². The Morgan fingerprint density at radius 2 is 1.87 bits per heavy atom. The lowest BCUT2D eigenvalue weighted by atomic mass is 10.2. The van der Waals surface area contributed by atoms with E-state index in [4.69, 9.17) is 11.6 Å². The van der Waals surface area contributed by atoms with Gasteiger partial charge in [-0.15, -0.1) is 0 Å². The number of halogens is 3. The smallest absolute Gasteiger partial charge is 0.227 e. The normalized spacial score (nSPS) is 16.2. The molecule has 80 valence electrons. The van der Waals surface area contributed by atoms with Gasteiger partial charge in [0, 0.05) is 18.7 Å². The van der Waals surface area contributed by atoms with Crippen LogP contribution in [-0.2, 0) is 4.79 Å². The highest BCUT2D eigenvalue weighted by molar-refractivity contribution is 6.31. The molecule has 0 N–H and O–H groups in total. The van der Waals surface area contributed by atoms with Gasteiger partial charge in [0.05, 0.1) is 0 Å². The summed E-state index contributed by atoms with van der Waals surface area (Å²) in [6.45, 7) is 0.499. The van der Waals surface area contributed by atoms with Crippen LogP contribution in [0.25, 0.3) is 0 Å². The van der Waals surface area contributed by atoms with Crippen LogP contribution in [0.15, 0.2) is 12.1 Å². The monoisotopic (exact) mass is 231 g/mol. The molecule has 0 saturated carbocycles. The highest BCUT2D eigenvalue weighted by Gasteiger charge is 2.23. The Hall–Kier alpha value is -1.16. The van der Waals surface area contributed by atoms with Crippen LogP contribution in [-0.4, -0.2) is 12.5 Å². The van der Waals surface area contributed by atoms with Crippen LogP contribution in [0, 0.1) is 11.6 Å². The van der Waals surface area contributed by atoms with E-state index >= 15 is 0 Å². The van der Waals surface area contributed by atoms with Crippen LogP contribution < -0.4 is 4.90 Å². The summed E-state index contributed by atoms with van der Waals surface area (Å²) in [6.07, 6.45) is 1.14. The number of nitrogens with zero attached hydrogens (tertiary/aromatic N) is 1. The maximum atomic E-state index is 13.1. The first-order chi connectivity index (χ1) is 7.09. The Balaban J connectivity index is 2.41. The molecule has 1 heterocycles. The molecule has 0 radical (unpaired) electrons. The van der Waals surface area contributed by atoms with Gasteiger partial charge in [0.1, 0.15) is 16.7 Å². The minimum Gasteiger partial charge on any atom is -0.312 e. The molecule has 0 bridgehead atoms. The SMILES string of the molecule is O=C1CCCN1c1cc(F)c(Cl)c(F)c1. The average molecular weight is 232 g/mol. The van der Waals surface area contributed by atoms with Crippen LogP contribution in [0.3, 0.4) is 0 Å². The topological polar surface area (TPSA) is 20.3 Å². The third-order valence-electron chi connectivity index (χ3n) is 2.35. The van der Waals surface area contributed by atoms with Crippen molar-refractivity contribution in [2.24, 2.45) is 0 Å². The molecule has 1 amide bonds. The summed E-state index contributed by atoms with van der Waals surface area (Å²) >= 11 is 5.34. The molecule has 1 aromatic carbocycles. The molecule has 5 heteroatoms. The number of hydrogen-bond acceptors (Lipinski definition) is 1. The molecule has 0 unspecified atom stereocenters. The van der Waals surface area contributed by atoms with Crippen molar-refractivity contribution >= 4 is 23.2 Å². The largest absolute Gasteiger partial charge is 0.312 e. The second kappa shape index (κ2) is 3.77. The van der Waals surface area contributed by atoms with E-state index in [1.807, 2.05) is 0 Å². The number of carbonyl (C=O) groups is 1.